The van der Waals surface area contributed by atoms with Crippen LogP contribution in [0.1, 0.15) is 41.6 Å². The van der Waals surface area contributed by atoms with Crippen LogP contribution in [0.2, 0.25) is 0 Å². The van der Waals surface area contributed by atoms with Gasteiger partial charge in [0, 0.05) is 16.2 Å². The van der Waals surface area contributed by atoms with Crippen molar-refractivity contribution in [3.8, 4) is 0 Å². The summed E-state index contributed by atoms with van der Waals surface area (Å²) >= 11 is 3.57. The summed E-state index contributed by atoms with van der Waals surface area (Å²) in [5.41, 5.74) is 0.437. The number of ether oxygens (including phenoxy) is 1. The fourth-order valence-corrected chi connectivity index (χ4v) is 4.40. The van der Waals surface area contributed by atoms with Gasteiger partial charge in [0.25, 0.3) is 0 Å². The molecule has 4 nitrogen and oxygen atoms in total. The normalized spacial score (nSPS) is 22.5. The third-order valence-electron chi connectivity index (χ3n) is 3.29. The second-order valence-electron chi connectivity index (χ2n) is 4.65. The highest BCUT2D eigenvalue weighted by Crippen LogP contribution is 2.32. The third kappa shape index (κ3) is 3.63. The molecule has 1 aromatic heterocycles. The Morgan fingerprint density at radius 2 is 2.37 bits per heavy atom. The SMILES string of the molecule is CCSC1CCC(Nc2nc(C(=O)OC)c(C)s2)C1. The van der Waals surface area contributed by atoms with E-state index in [2.05, 4.69) is 17.2 Å². The summed E-state index contributed by atoms with van der Waals surface area (Å²) in [6, 6.07) is 0.486. The molecule has 2 atom stereocenters. The van der Waals surface area contributed by atoms with Crippen molar-refractivity contribution < 1.29 is 9.53 Å². The van der Waals surface area contributed by atoms with Crippen LogP contribution < -0.4 is 5.32 Å². The lowest BCUT2D eigenvalue weighted by Gasteiger charge is -2.11. The van der Waals surface area contributed by atoms with Crippen molar-refractivity contribution in [3.05, 3.63) is 10.6 Å². The number of aryl methyl sites for hydroxylation is 1. The number of nitrogens with one attached hydrogen (secondary N) is 1. The highest BCUT2D eigenvalue weighted by molar-refractivity contribution is 7.99. The van der Waals surface area contributed by atoms with E-state index in [0.717, 1.165) is 15.3 Å². The van der Waals surface area contributed by atoms with Crippen molar-refractivity contribution in [2.45, 2.75) is 44.4 Å². The number of carbonyl (C=O) groups is 1. The molecule has 0 saturated heterocycles. The molecule has 6 heteroatoms. The lowest BCUT2D eigenvalue weighted by Crippen LogP contribution is -2.16. The minimum absolute atomic E-state index is 0.354. The summed E-state index contributed by atoms with van der Waals surface area (Å²) in [4.78, 5) is 16.8. The number of thiazole rings is 1. The first kappa shape index (κ1) is 14.7. The van der Waals surface area contributed by atoms with E-state index in [9.17, 15) is 4.79 Å². The zero-order valence-corrected chi connectivity index (χ0v) is 13.2. The van der Waals surface area contributed by atoms with Gasteiger partial charge in [0.05, 0.1) is 7.11 Å². The predicted molar refractivity (Wildman–Crippen MR) is 81.4 cm³/mol. The van der Waals surface area contributed by atoms with Crippen LogP contribution in [-0.4, -0.2) is 35.1 Å². The molecule has 1 N–H and O–H groups in total. The Kier molecular flexibility index (Phi) is 5.10. The van der Waals surface area contributed by atoms with Gasteiger partial charge in [-0.1, -0.05) is 6.92 Å². The minimum Gasteiger partial charge on any atom is -0.464 e. The number of methoxy groups -OCH3 is 1. The molecule has 106 valence electrons. The Morgan fingerprint density at radius 1 is 1.58 bits per heavy atom. The zero-order chi connectivity index (χ0) is 13.8. The topological polar surface area (TPSA) is 51.2 Å². The molecule has 0 radical (unpaired) electrons. The van der Waals surface area contributed by atoms with Crippen LogP contribution in [0.5, 0.6) is 0 Å². The van der Waals surface area contributed by atoms with E-state index in [1.807, 2.05) is 18.7 Å². The number of anilines is 1. The summed E-state index contributed by atoms with van der Waals surface area (Å²) in [6.07, 6.45) is 3.64. The van der Waals surface area contributed by atoms with Crippen molar-refractivity contribution in [3.63, 3.8) is 0 Å². The first-order valence-electron chi connectivity index (χ1n) is 6.58. The highest BCUT2D eigenvalue weighted by atomic mass is 32.2. The smallest absolute Gasteiger partial charge is 0.357 e. The van der Waals surface area contributed by atoms with Crippen LogP contribution in [0.4, 0.5) is 5.13 Å². The summed E-state index contributed by atoms with van der Waals surface area (Å²) in [5.74, 6) is 0.827. The molecule has 0 bridgehead atoms. The van der Waals surface area contributed by atoms with E-state index in [1.165, 1.54) is 43.5 Å². The lowest BCUT2D eigenvalue weighted by molar-refractivity contribution is 0.0594. The predicted octanol–water partition coefficient (Wildman–Crippen LogP) is 3.32. The number of hydrogen-bond acceptors (Lipinski definition) is 6. The Morgan fingerprint density at radius 3 is 3.05 bits per heavy atom. The van der Waals surface area contributed by atoms with Gasteiger partial charge in [0.1, 0.15) is 0 Å². The highest BCUT2D eigenvalue weighted by Gasteiger charge is 2.25. The first-order chi connectivity index (χ1) is 9.13. The standard InChI is InChI=1S/C13H20N2O2S2/c1-4-18-10-6-5-9(7-10)14-13-15-11(8(2)19-13)12(16)17-3/h9-10H,4-7H2,1-3H3,(H,14,15). The molecule has 2 unspecified atom stereocenters. The molecule has 1 fully saturated rings. The van der Waals surface area contributed by atoms with Gasteiger partial charge >= 0.3 is 5.97 Å². The van der Waals surface area contributed by atoms with Crippen molar-refractivity contribution in [2.24, 2.45) is 0 Å². The van der Waals surface area contributed by atoms with Gasteiger partial charge in [0.15, 0.2) is 10.8 Å². The number of thioether (sulfide) groups is 1. The molecule has 0 amide bonds. The maximum atomic E-state index is 11.5. The van der Waals surface area contributed by atoms with Gasteiger partial charge in [-0.05, 0) is 31.9 Å². The Balaban J connectivity index is 1.95. The van der Waals surface area contributed by atoms with Gasteiger partial charge in [-0.15, -0.1) is 11.3 Å². The Bertz CT molecular complexity index is 448. The molecule has 1 aromatic rings. The van der Waals surface area contributed by atoms with E-state index in [-0.39, 0.29) is 5.97 Å². The Labute approximate surface area is 122 Å². The van der Waals surface area contributed by atoms with Gasteiger partial charge in [0.2, 0.25) is 0 Å². The number of nitrogens with zero attached hydrogens (tertiary/aromatic N) is 1. The molecule has 1 saturated carbocycles. The fourth-order valence-electron chi connectivity index (χ4n) is 2.38. The summed E-state index contributed by atoms with van der Waals surface area (Å²) < 4.78 is 4.72. The van der Waals surface area contributed by atoms with Crippen molar-refractivity contribution in [1.29, 1.82) is 0 Å². The van der Waals surface area contributed by atoms with E-state index in [0.29, 0.717) is 11.7 Å². The van der Waals surface area contributed by atoms with Crippen LogP contribution in [-0.2, 0) is 4.74 Å². The van der Waals surface area contributed by atoms with E-state index in [1.54, 1.807) is 0 Å². The number of aromatic nitrogens is 1. The molecule has 0 aromatic carbocycles. The van der Waals surface area contributed by atoms with Crippen LogP contribution in [0.25, 0.3) is 0 Å². The summed E-state index contributed by atoms with van der Waals surface area (Å²) in [7, 11) is 1.39. The van der Waals surface area contributed by atoms with Gasteiger partial charge in [-0.3, -0.25) is 0 Å². The van der Waals surface area contributed by atoms with Crippen LogP contribution in [0, 0.1) is 6.92 Å². The molecule has 19 heavy (non-hydrogen) atoms. The second kappa shape index (κ2) is 6.61. The molecule has 1 aliphatic carbocycles. The van der Waals surface area contributed by atoms with Gasteiger partial charge in [-0.25, -0.2) is 9.78 Å². The van der Waals surface area contributed by atoms with Crippen LogP contribution >= 0.6 is 23.1 Å². The van der Waals surface area contributed by atoms with E-state index < -0.39 is 0 Å². The zero-order valence-electron chi connectivity index (χ0n) is 11.6. The van der Waals surface area contributed by atoms with Crippen LogP contribution in [0.15, 0.2) is 0 Å². The fraction of sp³-hybridized carbons (Fsp3) is 0.692. The average Bonchev–Trinajstić information content (AvgIpc) is 2.96. The number of hydrogen-bond donors (Lipinski definition) is 1. The number of rotatable bonds is 5. The maximum absolute atomic E-state index is 11.5. The largest absolute Gasteiger partial charge is 0.464 e. The first-order valence-corrected chi connectivity index (χ1v) is 8.44. The molecule has 0 aliphatic heterocycles. The molecule has 0 spiro atoms. The van der Waals surface area contributed by atoms with Crippen molar-refractivity contribution >= 4 is 34.2 Å². The average molecular weight is 300 g/mol. The maximum Gasteiger partial charge on any atom is 0.357 e. The quantitative estimate of drug-likeness (QED) is 0.845. The van der Waals surface area contributed by atoms with Crippen molar-refractivity contribution in [2.75, 3.05) is 18.2 Å². The number of carbonyl (C=O) groups excluding carboxylic acids is 1. The van der Waals surface area contributed by atoms with E-state index in [4.69, 9.17) is 4.74 Å². The molecule has 1 aliphatic rings. The van der Waals surface area contributed by atoms with E-state index >= 15 is 0 Å². The summed E-state index contributed by atoms with van der Waals surface area (Å²) in [5, 5.41) is 5.06. The van der Waals surface area contributed by atoms with Gasteiger partial charge in [-0.2, -0.15) is 11.8 Å². The van der Waals surface area contributed by atoms with Crippen molar-refractivity contribution in [1.82, 2.24) is 4.98 Å². The number of esters is 1. The molecule has 1 heterocycles. The molecule has 2 rings (SSSR count). The minimum atomic E-state index is -0.354. The van der Waals surface area contributed by atoms with Crippen LogP contribution in [0.3, 0.4) is 0 Å². The summed E-state index contributed by atoms with van der Waals surface area (Å²) in [6.45, 7) is 4.11. The van der Waals surface area contributed by atoms with Gasteiger partial charge < -0.3 is 10.1 Å². The molecular formula is C13H20N2O2S2. The second-order valence-corrected chi connectivity index (χ2v) is 7.43. The Hall–Kier alpha value is -0.750. The molecular weight excluding hydrogens is 280 g/mol. The lowest BCUT2D eigenvalue weighted by atomic mass is 10.3. The third-order valence-corrected chi connectivity index (χ3v) is 5.42. The monoisotopic (exact) mass is 300 g/mol.